The van der Waals surface area contributed by atoms with E-state index in [4.69, 9.17) is 9.72 Å². The van der Waals surface area contributed by atoms with Crippen LogP contribution >= 0.6 is 0 Å². The predicted octanol–water partition coefficient (Wildman–Crippen LogP) is 2.51. The molecule has 2 aromatic carbocycles. The number of nitrogens with zero attached hydrogens (tertiary/aromatic N) is 3. The molecular formula is C25H28N4O3S. The Bertz CT molecular complexity index is 1310. The summed E-state index contributed by atoms with van der Waals surface area (Å²) >= 11 is 0. The van der Waals surface area contributed by atoms with Crippen LogP contribution in [0.1, 0.15) is 11.1 Å². The molecule has 0 radical (unpaired) electrons. The maximum Gasteiger partial charge on any atom is 0.180 e. The second-order valence-electron chi connectivity index (χ2n) is 9.24. The molecule has 4 heterocycles. The first kappa shape index (κ1) is 20.9. The number of sulfone groups is 1. The average Bonchev–Trinajstić information content (AvgIpc) is 3.19. The number of hydrogen-bond donors (Lipinski definition) is 1. The van der Waals surface area contributed by atoms with Gasteiger partial charge in [-0.05, 0) is 30.7 Å². The number of nitrogens with one attached hydrogen (secondary N) is 1. The molecule has 1 aromatic heterocycles. The zero-order valence-corrected chi connectivity index (χ0v) is 19.5. The van der Waals surface area contributed by atoms with Gasteiger partial charge in [-0.1, -0.05) is 29.8 Å². The van der Waals surface area contributed by atoms with Gasteiger partial charge in [0.25, 0.3) is 0 Å². The summed E-state index contributed by atoms with van der Waals surface area (Å²) in [6, 6.07) is 16.1. The molecule has 7 nitrogen and oxygen atoms in total. The summed E-state index contributed by atoms with van der Waals surface area (Å²) in [5, 5.41) is 4.71. The highest BCUT2D eigenvalue weighted by Crippen LogP contribution is 2.35. The minimum absolute atomic E-state index is 0.0819. The van der Waals surface area contributed by atoms with Gasteiger partial charge in [-0.15, -0.1) is 0 Å². The molecule has 0 bridgehead atoms. The van der Waals surface area contributed by atoms with Gasteiger partial charge >= 0.3 is 0 Å². The standard InChI is InChI=1S/C25H28N4O3S/c1-17-6-7-20-19(12-17)22(29-15-21-23(16-29)32-10-8-26-21)13-25(27-20)28-9-11-33(30,31)24-5-3-2-4-18(24)14-28/h2-7,12-13,21,23,26H,8-11,14-16H2,1H3. The first-order chi connectivity index (χ1) is 16.0. The molecular weight excluding hydrogens is 436 g/mol. The van der Waals surface area contributed by atoms with Crippen LogP contribution in [-0.2, 0) is 21.1 Å². The van der Waals surface area contributed by atoms with E-state index in [1.165, 1.54) is 5.56 Å². The van der Waals surface area contributed by atoms with E-state index >= 15 is 0 Å². The monoisotopic (exact) mass is 464 g/mol. The minimum Gasteiger partial charge on any atom is -0.373 e. The molecule has 2 saturated heterocycles. The number of ether oxygens (including phenoxy) is 1. The van der Waals surface area contributed by atoms with Crippen LogP contribution in [0.2, 0.25) is 0 Å². The molecule has 0 aliphatic carbocycles. The van der Waals surface area contributed by atoms with Crippen LogP contribution in [0.25, 0.3) is 10.9 Å². The summed E-state index contributed by atoms with van der Waals surface area (Å²) in [5.41, 5.74) is 4.09. The third-order valence-electron chi connectivity index (χ3n) is 7.00. The second-order valence-corrected chi connectivity index (χ2v) is 11.3. The van der Waals surface area contributed by atoms with Crippen LogP contribution in [0.15, 0.2) is 53.4 Å². The van der Waals surface area contributed by atoms with E-state index in [9.17, 15) is 8.42 Å². The number of aromatic nitrogens is 1. The number of aryl methyl sites for hydroxylation is 1. The van der Waals surface area contributed by atoms with Crippen molar-refractivity contribution in [2.75, 3.05) is 48.3 Å². The summed E-state index contributed by atoms with van der Waals surface area (Å²) in [4.78, 5) is 9.92. The summed E-state index contributed by atoms with van der Waals surface area (Å²) in [6.45, 7) is 6.39. The van der Waals surface area contributed by atoms with Crippen molar-refractivity contribution in [3.05, 3.63) is 59.7 Å². The lowest BCUT2D eigenvalue weighted by molar-refractivity contribution is 0.0212. The molecule has 0 spiro atoms. The summed E-state index contributed by atoms with van der Waals surface area (Å²) < 4.78 is 31.7. The van der Waals surface area contributed by atoms with Crippen molar-refractivity contribution in [1.29, 1.82) is 0 Å². The van der Waals surface area contributed by atoms with E-state index in [0.717, 1.165) is 54.2 Å². The van der Waals surface area contributed by atoms with E-state index < -0.39 is 9.84 Å². The van der Waals surface area contributed by atoms with Crippen molar-refractivity contribution in [3.8, 4) is 0 Å². The second kappa shape index (κ2) is 7.97. The Balaban J connectivity index is 1.43. The van der Waals surface area contributed by atoms with E-state index in [1.807, 2.05) is 12.1 Å². The summed E-state index contributed by atoms with van der Waals surface area (Å²) in [7, 11) is -3.31. The van der Waals surface area contributed by atoms with Gasteiger partial charge in [-0.3, -0.25) is 0 Å². The van der Waals surface area contributed by atoms with Crippen LogP contribution < -0.4 is 15.1 Å². The zero-order chi connectivity index (χ0) is 22.6. The highest BCUT2D eigenvalue weighted by atomic mass is 32.2. The van der Waals surface area contributed by atoms with Crippen LogP contribution in [0, 0.1) is 6.92 Å². The number of rotatable bonds is 2. The van der Waals surface area contributed by atoms with Crippen LogP contribution in [0.3, 0.4) is 0 Å². The lowest BCUT2D eigenvalue weighted by atomic mass is 10.1. The largest absolute Gasteiger partial charge is 0.373 e. The number of fused-ring (bicyclic) bond motifs is 3. The van der Waals surface area contributed by atoms with Crippen molar-refractivity contribution >= 4 is 32.2 Å². The third kappa shape index (κ3) is 3.76. The maximum atomic E-state index is 12.9. The average molecular weight is 465 g/mol. The fourth-order valence-electron chi connectivity index (χ4n) is 5.28. The molecule has 3 aromatic rings. The molecule has 3 aliphatic heterocycles. The molecule has 3 aliphatic rings. The first-order valence-electron chi connectivity index (χ1n) is 11.5. The first-order valence-corrected chi connectivity index (χ1v) is 13.2. The van der Waals surface area contributed by atoms with Crippen molar-refractivity contribution in [2.24, 2.45) is 0 Å². The van der Waals surface area contributed by atoms with Crippen molar-refractivity contribution < 1.29 is 13.2 Å². The maximum absolute atomic E-state index is 12.9. The number of hydrogen-bond acceptors (Lipinski definition) is 7. The van der Waals surface area contributed by atoms with Crippen LogP contribution in [0.5, 0.6) is 0 Å². The molecule has 0 saturated carbocycles. The van der Waals surface area contributed by atoms with Gasteiger partial charge in [0.2, 0.25) is 0 Å². The summed E-state index contributed by atoms with van der Waals surface area (Å²) in [6.07, 6.45) is 0.186. The Morgan fingerprint density at radius 2 is 1.97 bits per heavy atom. The Labute approximate surface area is 194 Å². The highest BCUT2D eigenvalue weighted by molar-refractivity contribution is 7.91. The third-order valence-corrected chi connectivity index (χ3v) is 8.79. The number of pyridine rings is 1. The SMILES string of the molecule is Cc1ccc2nc(N3CCS(=O)(=O)c4ccccc4C3)cc(N3CC4NCCOC4C3)c2c1. The van der Waals surface area contributed by atoms with Gasteiger partial charge in [-0.25, -0.2) is 13.4 Å². The Morgan fingerprint density at radius 1 is 1.09 bits per heavy atom. The molecule has 2 atom stereocenters. The topological polar surface area (TPSA) is 74.8 Å². The molecule has 172 valence electrons. The minimum atomic E-state index is -3.31. The van der Waals surface area contributed by atoms with Crippen LogP contribution in [-0.4, -0.2) is 64.1 Å². The van der Waals surface area contributed by atoms with E-state index in [-0.39, 0.29) is 11.9 Å². The van der Waals surface area contributed by atoms with Gasteiger partial charge < -0.3 is 19.9 Å². The molecule has 2 fully saturated rings. The normalized spacial score (nSPS) is 24.4. The van der Waals surface area contributed by atoms with Gasteiger partial charge in [0.05, 0.1) is 34.9 Å². The number of benzene rings is 2. The van der Waals surface area contributed by atoms with Gasteiger partial charge in [0.1, 0.15) is 5.82 Å². The predicted molar refractivity (Wildman–Crippen MR) is 130 cm³/mol. The smallest absolute Gasteiger partial charge is 0.180 e. The Hall–Kier alpha value is -2.68. The molecule has 33 heavy (non-hydrogen) atoms. The van der Waals surface area contributed by atoms with Crippen molar-refractivity contribution in [1.82, 2.24) is 10.3 Å². The van der Waals surface area contributed by atoms with Gasteiger partial charge in [-0.2, -0.15) is 0 Å². The molecule has 6 rings (SSSR count). The quantitative estimate of drug-likeness (QED) is 0.625. The fourth-order valence-corrected chi connectivity index (χ4v) is 6.78. The molecule has 2 unspecified atom stereocenters. The fraction of sp³-hybridized carbons (Fsp3) is 0.400. The van der Waals surface area contributed by atoms with E-state index in [1.54, 1.807) is 12.1 Å². The Kier molecular flexibility index (Phi) is 5.05. The molecule has 8 heteroatoms. The van der Waals surface area contributed by atoms with Crippen LogP contribution in [0.4, 0.5) is 11.5 Å². The Morgan fingerprint density at radius 3 is 2.85 bits per heavy atom. The zero-order valence-electron chi connectivity index (χ0n) is 18.7. The van der Waals surface area contributed by atoms with Crippen molar-refractivity contribution in [3.63, 3.8) is 0 Å². The van der Waals surface area contributed by atoms with Crippen molar-refractivity contribution in [2.45, 2.75) is 30.5 Å². The number of morpholine rings is 1. The van der Waals surface area contributed by atoms with E-state index in [0.29, 0.717) is 24.0 Å². The summed E-state index contributed by atoms with van der Waals surface area (Å²) in [5.74, 6) is 0.899. The van der Waals surface area contributed by atoms with Gasteiger partial charge in [0, 0.05) is 49.9 Å². The lowest BCUT2D eigenvalue weighted by Crippen LogP contribution is -2.47. The van der Waals surface area contributed by atoms with Gasteiger partial charge in [0.15, 0.2) is 9.84 Å². The highest BCUT2D eigenvalue weighted by Gasteiger charge is 2.36. The van der Waals surface area contributed by atoms with E-state index in [2.05, 4.69) is 46.3 Å². The molecule has 0 amide bonds. The molecule has 1 N–H and O–H groups in total. The number of anilines is 2. The lowest BCUT2D eigenvalue weighted by Gasteiger charge is -2.26.